The van der Waals surface area contributed by atoms with E-state index in [0.29, 0.717) is 24.8 Å². The van der Waals surface area contributed by atoms with Crippen LogP contribution < -0.4 is 0 Å². The number of halogens is 1. The molecule has 2 aromatic carbocycles. The summed E-state index contributed by atoms with van der Waals surface area (Å²) < 4.78 is 0.746. The van der Waals surface area contributed by atoms with Crippen molar-refractivity contribution >= 4 is 45.0 Å². The van der Waals surface area contributed by atoms with Gasteiger partial charge in [0.2, 0.25) is 0 Å². The van der Waals surface area contributed by atoms with Crippen LogP contribution >= 0.6 is 15.9 Å². The summed E-state index contributed by atoms with van der Waals surface area (Å²) in [5.41, 5.74) is -0.0868. The Labute approximate surface area is 197 Å². The molecule has 10 heteroatoms. The summed E-state index contributed by atoms with van der Waals surface area (Å²) in [4.78, 5) is 48.9. The van der Waals surface area contributed by atoms with Gasteiger partial charge in [0.15, 0.2) is 0 Å². The molecule has 0 aromatic heterocycles. The molecule has 1 aliphatic rings. The van der Waals surface area contributed by atoms with E-state index in [0.717, 1.165) is 4.47 Å². The first-order chi connectivity index (χ1) is 15.7. The van der Waals surface area contributed by atoms with Crippen LogP contribution in [0.4, 0.5) is 5.69 Å². The van der Waals surface area contributed by atoms with Gasteiger partial charge >= 0.3 is 5.97 Å². The third kappa shape index (κ3) is 5.28. The summed E-state index contributed by atoms with van der Waals surface area (Å²) in [7, 11) is 0. The Kier molecular flexibility index (Phi) is 7.59. The van der Waals surface area contributed by atoms with Gasteiger partial charge in [0, 0.05) is 29.1 Å². The number of carbonyl (C=O) groups is 3. The molecule has 1 amide bonds. The van der Waals surface area contributed by atoms with Gasteiger partial charge in [-0.2, -0.15) is 0 Å². The molecule has 9 nitrogen and oxygen atoms in total. The van der Waals surface area contributed by atoms with Crippen LogP contribution in [0.3, 0.4) is 0 Å². The molecule has 0 bridgehead atoms. The number of rotatable bonds is 9. The number of para-hydroxylation sites is 1. The number of hydrogen-bond donors (Lipinski definition) is 2. The first kappa shape index (κ1) is 24.1. The van der Waals surface area contributed by atoms with E-state index in [2.05, 4.69) is 15.9 Å². The molecule has 1 saturated heterocycles. The second-order valence-corrected chi connectivity index (χ2v) is 8.44. The van der Waals surface area contributed by atoms with Crippen molar-refractivity contribution in [2.75, 3.05) is 6.54 Å². The van der Waals surface area contributed by atoms with Gasteiger partial charge in [-0.15, -0.1) is 0 Å². The van der Waals surface area contributed by atoms with Crippen LogP contribution in [0.15, 0.2) is 58.6 Å². The number of hydrogen-bond acceptors (Lipinski definition) is 6. The van der Waals surface area contributed by atoms with Crippen LogP contribution in [-0.4, -0.2) is 44.2 Å². The highest BCUT2D eigenvalue weighted by Crippen LogP contribution is 2.42. The molecule has 0 aliphatic carbocycles. The van der Waals surface area contributed by atoms with Gasteiger partial charge in [0.1, 0.15) is 5.76 Å². The van der Waals surface area contributed by atoms with E-state index < -0.39 is 34.4 Å². The van der Waals surface area contributed by atoms with Crippen LogP contribution in [0.1, 0.15) is 42.9 Å². The molecule has 3 rings (SSSR count). The number of nitro benzene ring substituents is 1. The average Bonchev–Trinajstić information content (AvgIpc) is 3.03. The summed E-state index contributed by atoms with van der Waals surface area (Å²) in [5.74, 6) is -3.14. The van der Waals surface area contributed by atoms with Crippen LogP contribution in [0, 0.1) is 10.1 Å². The monoisotopic (exact) mass is 516 g/mol. The lowest BCUT2D eigenvalue weighted by Gasteiger charge is -2.25. The normalized spacial score (nSPS) is 17.4. The number of ketones is 1. The number of carbonyl (C=O) groups excluding carboxylic acids is 2. The van der Waals surface area contributed by atoms with E-state index in [-0.39, 0.29) is 29.8 Å². The van der Waals surface area contributed by atoms with Crippen molar-refractivity contribution < 1.29 is 29.5 Å². The zero-order chi connectivity index (χ0) is 24.1. The highest BCUT2D eigenvalue weighted by atomic mass is 79.9. The van der Waals surface area contributed by atoms with Crippen molar-refractivity contribution in [2.24, 2.45) is 0 Å². The van der Waals surface area contributed by atoms with E-state index in [1.165, 1.54) is 23.1 Å². The van der Waals surface area contributed by atoms with Gasteiger partial charge in [-0.25, -0.2) is 0 Å². The first-order valence-corrected chi connectivity index (χ1v) is 11.0. The Hall–Kier alpha value is -3.53. The molecule has 0 unspecified atom stereocenters. The number of Topliss-reactive ketones (excluding diaryl/α,β-unsaturated/α-hetero) is 1. The number of nitro groups is 1. The summed E-state index contributed by atoms with van der Waals surface area (Å²) in [6.45, 7) is 0.0814. The molecule has 2 aromatic rings. The lowest BCUT2D eigenvalue weighted by Crippen LogP contribution is -2.31. The van der Waals surface area contributed by atoms with Crippen molar-refractivity contribution in [3.8, 4) is 0 Å². The summed E-state index contributed by atoms with van der Waals surface area (Å²) in [6.07, 6.45) is 1.27. The minimum atomic E-state index is -1.14. The molecule has 0 spiro atoms. The number of nitrogens with zero attached hydrogens (tertiary/aromatic N) is 2. The van der Waals surface area contributed by atoms with Crippen molar-refractivity contribution in [1.29, 1.82) is 0 Å². The number of benzene rings is 2. The summed E-state index contributed by atoms with van der Waals surface area (Å²) in [5, 5.41) is 31.4. The second-order valence-electron chi connectivity index (χ2n) is 7.52. The van der Waals surface area contributed by atoms with Gasteiger partial charge in [0.05, 0.1) is 22.1 Å². The molecule has 1 atom stereocenters. The quantitative estimate of drug-likeness (QED) is 0.125. The van der Waals surface area contributed by atoms with Crippen LogP contribution in [0.5, 0.6) is 0 Å². The Balaban J connectivity index is 2.06. The molecule has 2 N–H and O–H groups in total. The third-order valence-corrected chi connectivity index (χ3v) is 5.90. The number of aliphatic carboxylic acids is 1. The van der Waals surface area contributed by atoms with Gasteiger partial charge in [-0.3, -0.25) is 24.5 Å². The highest BCUT2D eigenvalue weighted by molar-refractivity contribution is 9.10. The number of carboxylic acid groups (broad SMARTS) is 1. The predicted molar refractivity (Wildman–Crippen MR) is 122 cm³/mol. The second kappa shape index (κ2) is 10.4. The Morgan fingerprint density at radius 2 is 1.70 bits per heavy atom. The lowest BCUT2D eigenvalue weighted by molar-refractivity contribution is -0.385. The van der Waals surface area contributed by atoms with Crippen LogP contribution in [0.25, 0.3) is 5.76 Å². The molecular formula is C23H21BrN2O7. The van der Waals surface area contributed by atoms with E-state index in [9.17, 15) is 29.6 Å². The molecular weight excluding hydrogens is 496 g/mol. The van der Waals surface area contributed by atoms with Crippen LogP contribution in [0.2, 0.25) is 0 Å². The van der Waals surface area contributed by atoms with Gasteiger partial charge in [-0.05, 0) is 31.0 Å². The maximum atomic E-state index is 13.0. The lowest BCUT2D eigenvalue weighted by atomic mass is 9.94. The molecule has 172 valence electrons. The average molecular weight is 517 g/mol. The standard InChI is InChI=1S/C23H21BrN2O7/c24-15-11-9-14(10-12-15)21(29)19-20(16-6-3-4-7-17(16)26(32)33)25(23(31)22(19)30)13-5-1-2-8-18(27)28/h3-4,6-7,9-12,20,29H,1-2,5,8,13H2,(H,27,28)/t20-/m0/s1. The first-order valence-electron chi connectivity index (χ1n) is 10.2. The Bertz CT molecular complexity index is 1130. The molecule has 1 aliphatic heterocycles. The van der Waals surface area contributed by atoms with E-state index in [1.807, 2.05) is 0 Å². The fraction of sp³-hybridized carbons (Fsp3) is 0.261. The molecule has 0 saturated carbocycles. The van der Waals surface area contributed by atoms with Crippen molar-refractivity contribution in [3.63, 3.8) is 0 Å². The van der Waals surface area contributed by atoms with Gasteiger partial charge in [0.25, 0.3) is 17.4 Å². The maximum absolute atomic E-state index is 13.0. The molecule has 0 radical (unpaired) electrons. The minimum absolute atomic E-state index is 0.0179. The Morgan fingerprint density at radius 3 is 2.33 bits per heavy atom. The number of aliphatic hydroxyl groups excluding tert-OH is 1. The summed E-state index contributed by atoms with van der Waals surface area (Å²) in [6, 6.07) is 11.1. The third-order valence-electron chi connectivity index (χ3n) is 5.38. The highest BCUT2D eigenvalue weighted by Gasteiger charge is 2.47. The molecule has 1 heterocycles. The zero-order valence-corrected chi connectivity index (χ0v) is 19.0. The number of amides is 1. The topological polar surface area (TPSA) is 138 Å². The zero-order valence-electron chi connectivity index (χ0n) is 17.4. The molecule has 1 fully saturated rings. The SMILES string of the molecule is O=C(O)CCCCCN1C(=O)C(=O)C(=C(O)c2ccc(Br)cc2)[C@@H]1c1ccccc1[N+](=O)[O-]. The number of aliphatic hydroxyl groups is 1. The van der Waals surface area contributed by atoms with Gasteiger partial charge in [-0.1, -0.05) is 46.6 Å². The molecule has 33 heavy (non-hydrogen) atoms. The predicted octanol–water partition coefficient (Wildman–Crippen LogP) is 4.42. The maximum Gasteiger partial charge on any atom is 0.303 e. The van der Waals surface area contributed by atoms with E-state index >= 15 is 0 Å². The van der Waals surface area contributed by atoms with E-state index in [4.69, 9.17) is 5.11 Å². The largest absolute Gasteiger partial charge is 0.507 e. The summed E-state index contributed by atoms with van der Waals surface area (Å²) >= 11 is 3.29. The minimum Gasteiger partial charge on any atom is -0.507 e. The smallest absolute Gasteiger partial charge is 0.303 e. The number of likely N-dealkylation sites (tertiary alicyclic amines) is 1. The van der Waals surface area contributed by atoms with Crippen LogP contribution in [-0.2, 0) is 14.4 Å². The fourth-order valence-corrected chi connectivity index (χ4v) is 4.08. The van der Waals surface area contributed by atoms with E-state index in [1.54, 1.807) is 30.3 Å². The van der Waals surface area contributed by atoms with Gasteiger partial charge < -0.3 is 15.1 Å². The Morgan fingerprint density at radius 1 is 1.03 bits per heavy atom. The van der Waals surface area contributed by atoms with Crippen molar-refractivity contribution in [2.45, 2.75) is 31.7 Å². The van der Waals surface area contributed by atoms with Crippen molar-refractivity contribution in [3.05, 3.63) is 79.8 Å². The fourth-order valence-electron chi connectivity index (χ4n) is 3.82. The number of unbranched alkanes of at least 4 members (excludes halogenated alkanes) is 2. The van der Waals surface area contributed by atoms with Crippen molar-refractivity contribution in [1.82, 2.24) is 4.90 Å². The number of carboxylic acids is 1.